The smallest absolute Gasteiger partial charge is 0.228 e. The molecular weight excluding hydrogens is 248 g/mol. The van der Waals surface area contributed by atoms with Crippen molar-refractivity contribution in [2.45, 2.75) is 52.0 Å². The number of rotatable bonds is 2. The van der Waals surface area contributed by atoms with Crippen molar-refractivity contribution in [3.8, 4) is 0 Å². The highest BCUT2D eigenvalue weighted by molar-refractivity contribution is 5.83. The van der Waals surface area contributed by atoms with E-state index in [2.05, 4.69) is 30.5 Å². The first kappa shape index (κ1) is 13.7. The van der Waals surface area contributed by atoms with Gasteiger partial charge in [0.2, 0.25) is 5.91 Å². The molecule has 2 aliphatic rings. The van der Waals surface area contributed by atoms with E-state index in [4.69, 9.17) is 0 Å². The minimum atomic E-state index is -0.0721. The third kappa shape index (κ3) is 1.82. The van der Waals surface area contributed by atoms with Gasteiger partial charge in [0, 0.05) is 31.5 Å². The minimum Gasteiger partial charge on any atom is -0.348 e. The standard InChI is InChI=1S/C17H26N2O/c1-12-7-8-13(2)19(12)15-10-14-6-5-9-17(14,11-15)16(20)18(3)4/h7-8,14-15H,5-6,9-11H2,1-4H3/t14-,15-,17-/m1/s1. The lowest BCUT2D eigenvalue weighted by atomic mass is 9.79. The van der Waals surface area contributed by atoms with Crippen LogP contribution in [0.25, 0.3) is 0 Å². The second kappa shape index (κ2) is 4.64. The molecule has 0 N–H and O–H groups in total. The summed E-state index contributed by atoms with van der Waals surface area (Å²) in [6.45, 7) is 4.36. The van der Waals surface area contributed by atoms with Gasteiger partial charge in [0.25, 0.3) is 0 Å². The fourth-order valence-electron chi connectivity index (χ4n) is 4.86. The summed E-state index contributed by atoms with van der Waals surface area (Å²) in [4.78, 5) is 14.6. The molecule has 0 spiro atoms. The lowest BCUT2D eigenvalue weighted by Crippen LogP contribution is -2.40. The molecule has 2 saturated carbocycles. The molecule has 1 aromatic heterocycles. The minimum absolute atomic E-state index is 0.0721. The van der Waals surface area contributed by atoms with Gasteiger partial charge in [-0.15, -0.1) is 0 Å². The van der Waals surface area contributed by atoms with E-state index in [1.54, 1.807) is 0 Å². The van der Waals surface area contributed by atoms with E-state index in [0.717, 1.165) is 12.8 Å². The number of nitrogens with zero attached hydrogens (tertiary/aromatic N) is 2. The topological polar surface area (TPSA) is 25.2 Å². The first-order chi connectivity index (χ1) is 9.45. The molecule has 2 fully saturated rings. The maximum absolute atomic E-state index is 12.8. The average Bonchev–Trinajstić information content (AvgIpc) is 3.01. The third-order valence-corrected chi connectivity index (χ3v) is 5.64. The van der Waals surface area contributed by atoms with Gasteiger partial charge in [-0.3, -0.25) is 4.79 Å². The molecule has 3 rings (SSSR count). The molecule has 3 atom stereocenters. The highest BCUT2D eigenvalue weighted by Crippen LogP contribution is 2.58. The van der Waals surface area contributed by atoms with Crippen LogP contribution < -0.4 is 0 Å². The van der Waals surface area contributed by atoms with Gasteiger partial charge in [-0.25, -0.2) is 0 Å². The average molecular weight is 274 g/mol. The lowest BCUT2D eigenvalue weighted by Gasteiger charge is -2.31. The molecule has 0 aromatic carbocycles. The van der Waals surface area contributed by atoms with Crippen LogP contribution in [0.1, 0.15) is 49.5 Å². The van der Waals surface area contributed by atoms with E-state index < -0.39 is 0 Å². The van der Waals surface area contributed by atoms with Crippen LogP contribution in [0.15, 0.2) is 12.1 Å². The first-order valence-corrected chi connectivity index (χ1v) is 7.82. The molecule has 0 aliphatic heterocycles. The monoisotopic (exact) mass is 274 g/mol. The summed E-state index contributed by atoms with van der Waals surface area (Å²) in [7, 11) is 3.82. The predicted molar refractivity (Wildman–Crippen MR) is 80.6 cm³/mol. The van der Waals surface area contributed by atoms with Crippen LogP contribution >= 0.6 is 0 Å². The molecule has 20 heavy (non-hydrogen) atoms. The highest BCUT2D eigenvalue weighted by Gasteiger charge is 2.55. The van der Waals surface area contributed by atoms with Gasteiger partial charge in [-0.2, -0.15) is 0 Å². The van der Waals surface area contributed by atoms with Gasteiger partial charge in [0.05, 0.1) is 5.41 Å². The van der Waals surface area contributed by atoms with Crippen molar-refractivity contribution in [2.24, 2.45) is 11.3 Å². The normalized spacial score (nSPS) is 32.4. The van der Waals surface area contributed by atoms with Crippen LogP contribution in [0.5, 0.6) is 0 Å². The quantitative estimate of drug-likeness (QED) is 0.812. The SMILES string of the molecule is Cc1ccc(C)n1[C@@H]1C[C@H]2CCC[C@@]2(C(=O)N(C)C)C1. The molecule has 0 bridgehead atoms. The Labute approximate surface area is 122 Å². The Bertz CT molecular complexity index is 512. The van der Waals surface area contributed by atoms with E-state index in [1.807, 2.05) is 19.0 Å². The molecule has 1 aromatic rings. The van der Waals surface area contributed by atoms with E-state index in [-0.39, 0.29) is 5.41 Å². The van der Waals surface area contributed by atoms with Crippen molar-refractivity contribution >= 4 is 5.91 Å². The summed E-state index contributed by atoms with van der Waals surface area (Å²) < 4.78 is 2.46. The maximum atomic E-state index is 12.8. The summed E-state index contributed by atoms with van der Waals surface area (Å²) in [5.41, 5.74) is 2.59. The molecular formula is C17H26N2O. The number of carbonyl (C=O) groups is 1. The predicted octanol–water partition coefficient (Wildman–Crippen LogP) is 3.31. The fourth-order valence-corrected chi connectivity index (χ4v) is 4.86. The summed E-state index contributed by atoms with van der Waals surface area (Å²) >= 11 is 0. The Morgan fingerprint density at radius 1 is 1.30 bits per heavy atom. The Morgan fingerprint density at radius 2 is 1.95 bits per heavy atom. The van der Waals surface area contributed by atoms with Crippen LogP contribution in [0.2, 0.25) is 0 Å². The number of hydrogen-bond acceptors (Lipinski definition) is 1. The zero-order valence-electron chi connectivity index (χ0n) is 13.1. The number of aromatic nitrogens is 1. The van der Waals surface area contributed by atoms with Gasteiger partial charge in [0.1, 0.15) is 0 Å². The molecule has 0 radical (unpaired) electrons. The van der Waals surface area contributed by atoms with Crippen LogP contribution in [0.4, 0.5) is 0 Å². The summed E-state index contributed by atoms with van der Waals surface area (Å²) in [6, 6.07) is 4.91. The van der Waals surface area contributed by atoms with E-state index in [0.29, 0.717) is 17.9 Å². The lowest BCUT2D eigenvalue weighted by molar-refractivity contribution is -0.140. The van der Waals surface area contributed by atoms with E-state index >= 15 is 0 Å². The van der Waals surface area contributed by atoms with Crippen molar-refractivity contribution in [3.05, 3.63) is 23.5 Å². The van der Waals surface area contributed by atoms with E-state index in [9.17, 15) is 4.79 Å². The van der Waals surface area contributed by atoms with Gasteiger partial charge in [0.15, 0.2) is 0 Å². The van der Waals surface area contributed by atoms with Crippen molar-refractivity contribution in [1.29, 1.82) is 0 Å². The molecule has 0 saturated heterocycles. The number of amides is 1. The van der Waals surface area contributed by atoms with Crippen LogP contribution in [0, 0.1) is 25.2 Å². The molecule has 0 unspecified atom stereocenters. The van der Waals surface area contributed by atoms with E-state index in [1.165, 1.54) is 30.7 Å². The van der Waals surface area contributed by atoms with Gasteiger partial charge >= 0.3 is 0 Å². The Kier molecular flexibility index (Phi) is 3.19. The second-order valence-corrected chi connectivity index (χ2v) is 7.02. The summed E-state index contributed by atoms with van der Waals surface area (Å²) in [5, 5.41) is 0. The molecule has 1 amide bonds. The summed E-state index contributed by atoms with van der Waals surface area (Å²) in [5.74, 6) is 0.952. The molecule has 110 valence electrons. The van der Waals surface area contributed by atoms with Gasteiger partial charge in [-0.1, -0.05) is 6.42 Å². The Hall–Kier alpha value is -1.25. The van der Waals surface area contributed by atoms with Crippen LogP contribution in [-0.4, -0.2) is 29.5 Å². The third-order valence-electron chi connectivity index (χ3n) is 5.64. The van der Waals surface area contributed by atoms with Crippen LogP contribution in [-0.2, 0) is 4.79 Å². The molecule has 2 aliphatic carbocycles. The zero-order valence-corrected chi connectivity index (χ0v) is 13.1. The first-order valence-electron chi connectivity index (χ1n) is 7.82. The van der Waals surface area contributed by atoms with Crippen molar-refractivity contribution in [1.82, 2.24) is 9.47 Å². The maximum Gasteiger partial charge on any atom is 0.228 e. The summed E-state index contributed by atoms with van der Waals surface area (Å²) in [6.07, 6.45) is 5.75. The number of carbonyl (C=O) groups excluding carboxylic acids is 1. The van der Waals surface area contributed by atoms with Crippen molar-refractivity contribution in [3.63, 3.8) is 0 Å². The largest absolute Gasteiger partial charge is 0.348 e. The van der Waals surface area contributed by atoms with Crippen molar-refractivity contribution < 1.29 is 4.79 Å². The Balaban J connectivity index is 1.93. The van der Waals surface area contributed by atoms with Gasteiger partial charge < -0.3 is 9.47 Å². The Morgan fingerprint density at radius 3 is 2.55 bits per heavy atom. The zero-order chi connectivity index (χ0) is 14.5. The molecule has 3 heteroatoms. The van der Waals surface area contributed by atoms with Crippen molar-refractivity contribution in [2.75, 3.05) is 14.1 Å². The number of aryl methyl sites for hydroxylation is 2. The second-order valence-electron chi connectivity index (χ2n) is 7.02. The number of fused-ring (bicyclic) bond motifs is 1. The molecule has 1 heterocycles. The highest BCUT2D eigenvalue weighted by atomic mass is 16.2. The van der Waals surface area contributed by atoms with Crippen LogP contribution in [0.3, 0.4) is 0 Å². The molecule has 3 nitrogen and oxygen atoms in total. The fraction of sp³-hybridized carbons (Fsp3) is 0.706. The van der Waals surface area contributed by atoms with Gasteiger partial charge in [-0.05, 0) is 57.6 Å². The number of hydrogen-bond donors (Lipinski definition) is 0.